The number of carbonyl (C=O) groups excluding carboxylic acids is 5. The van der Waals surface area contributed by atoms with Crippen LogP contribution < -0.4 is 26.6 Å². The van der Waals surface area contributed by atoms with Crippen molar-refractivity contribution < 1.29 is 38.2 Å². The van der Waals surface area contributed by atoms with Crippen molar-refractivity contribution in [2.24, 2.45) is 5.41 Å². The highest BCUT2D eigenvalue weighted by atomic mass is 16.5. The molecule has 3 rings (SSSR count). The van der Waals surface area contributed by atoms with E-state index in [1.54, 1.807) is 19.3 Å². The Morgan fingerprint density at radius 2 is 1.05 bits per heavy atom. The molecule has 0 saturated heterocycles. The highest BCUT2D eigenvalue weighted by molar-refractivity contribution is 5.97. The number of carbonyl (C=O) groups is 5. The molecule has 0 aliphatic rings. The van der Waals surface area contributed by atoms with Gasteiger partial charge in [-0.05, 0) is 56.5 Å². The molecule has 0 aliphatic heterocycles. The predicted molar refractivity (Wildman–Crippen MR) is 231 cm³/mol. The Hall–Kier alpha value is -5.39. The number of aromatic nitrogens is 4. The Labute approximate surface area is 359 Å². The molecule has 3 aromatic rings. The van der Waals surface area contributed by atoms with E-state index in [2.05, 4.69) is 36.6 Å². The monoisotopic (exact) mass is 847 g/mol. The van der Waals surface area contributed by atoms with Gasteiger partial charge in [-0.2, -0.15) is 0 Å². The second kappa shape index (κ2) is 24.8. The molecule has 1 aromatic carbocycles. The SMILES string of the molecule is CC(C)c1nccc(-c2cc(C(=O)NCCOCCOCCOCCC(=O)N[C@@H](C)C(=O)N[C@@H](C)C(=O)N[C@@H](C)C(=O)NCC(C)(C)C)cc(-c3ccnc(C(C)C)n3)c2)n1. The van der Waals surface area contributed by atoms with Crippen molar-refractivity contribution in [1.29, 1.82) is 0 Å². The lowest BCUT2D eigenvalue weighted by Crippen LogP contribution is -2.55. The summed E-state index contributed by atoms with van der Waals surface area (Å²) in [6, 6.07) is 6.65. The van der Waals surface area contributed by atoms with Gasteiger partial charge in [0, 0.05) is 60.4 Å². The third-order valence-corrected chi connectivity index (χ3v) is 8.99. The van der Waals surface area contributed by atoms with Crippen LogP contribution in [0.25, 0.3) is 22.5 Å². The van der Waals surface area contributed by atoms with E-state index in [0.29, 0.717) is 48.4 Å². The fraction of sp³-hybridized carbons (Fsp3) is 0.568. The second-order valence-electron chi connectivity index (χ2n) is 16.6. The van der Waals surface area contributed by atoms with E-state index in [9.17, 15) is 24.0 Å². The molecule has 0 radical (unpaired) electrons. The number of benzene rings is 1. The highest BCUT2D eigenvalue weighted by Gasteiger charge is 2.24. The molecule has 0 unspecified atom stereocenters. The summed E-state index contributed by atoms with van der Waals surface area (Å²) in [6.07, 6.45) is 3.47. The summed E-state index contributed by atoms with van der Waals surface area (Å²) < 4.78 is 16.7. The minimum Gasteiger partial charge on any atom is -0.379 e. The molecule has 17 heteroatoms. The summed E-state index contributed by atoms with van der Waals surface area (Å²) in [6.45, 7) is 20.9. The van der Waals surface area contributed by atoms with Crippen LogP contribution in [0.2, 0.25) is 0 Å². The molecule has 3 atom stereocenters. The van der Waals surface area contributed by atoms with Gasteiger partial charge < -0.3 is 40.8 Å². The zero-order valence-corrected chi connectivity index (χ0v) is 37.3. The first-order valence-corrected chi connectivity index (χ1v) is 20.9. The molecule has 17 nitrogen and oxygen atoms in total. The molecular formula is C44H65N9O8. The maximum Gasteiger partial charge on any atom is 0.251 e. The number of rotatable bonds is 24. The van der Waals surface area contributed by atoms with Crippen molar-refractivity contribution in [2.45, 2.75) is 106 Å². The van der Waals surface area contributed by atoms with Crippen molar-refractivity contribution >= 4 is 29.5 Å². The Balaban J connectivity index is 1.32. The zero-order chi connectivity index (χ0) is 45.1. The van der Waals surface area contributed by atoms with E-state index in [4.69, 9.17) is 24.2 Å². The van der Waals surface area contributed by atoms with Crippen molar-refractivity contribution in [2.75, 3.05) is 52.7 Å². The number of hydrogen-bond donors (Lipinski definition) is 5. The summed E-state index contributed by atoms with van der Waals surface area (Å²) in [5, 5.41) is 13.4. The van der Waals surface area contributed by atoms with Gasteiger partial charge in [-0.1, -0.05) is 48.5 Å². The Bertz CT molecular complexity index is 1850. The van der Waals surface area contributed by atoms with E-state index < -0.39 is 35.8 Å². The van der Waals surface area contributed by atoms with Crippen LogP contribution in [0.5, 0.6) is 0 Å². The summed E-state index contributed by atoms with van der Waals surface area (Å²) >= 11 is 0. The van der Waals surface area contributed by atoms with Gasteiger partial charge in [0.1, 0.15) is 29.8 Å². The molecule has 0 bridgehead atoms. The smallest absolute Gasteiger partial charge is 0.251 e. The van der Waals surface area contributed by atoms with Gasteiger partial charge in [0.25, 0.3) is 5.91 Å². The van der Waals surface area contributed by atoms with Gasteiger partial charge in [0.2, 0.25) is 23.6 Å². The molecule has 5 amide bonds. The predicted octanol–water partition coefficient (Wildman–Crippen LogP) is 3.69. The molecule has 5 N–H and O–H groups in total. The van der Waals surface area contributed by atoms with Crippen LogP contribution in [0.15, 0.2) is 42.7 Å². The zero-order valence-electron chi connectivity index (χ0n) is 37.3. The lowest BCUT2D eigenvalue weighted by atomic mass is 9.97. The van der Waals surface area contributed by atoms with Gasteiger partial charge in [-0.15, -0.1) is 0 Å². The van der Waals surface area contributed by atoms with Crippen molar-refractivity contribution in [3.05, 3.63) is 59.9 Å². The van der Waals surface area contributed by atoms with Crippen LogP contribution in [0, 0.1) is 5.41 Å². The summed E-state index contributed by atoms with van der Waals surface area (Å²) in [4.78, 5) is 81.3. The van der Waals surface area contributed by atoms with Crippen molar-refractivity contribution in [3.63, 3.8) is 0 Å². The summed E-state index contributed by atoms with van der Waals surface area (Å²) in [5.41, 5.74) is 3.31. The molecular weight excluding hydrogens is 783 g/mol. The van der Waals surface area contributed by atoms with Gasteiger partial charge >= 0.3 is 0 Å². The molecule has 61 heavy (non-hydrogen) atoms. The van der Waals surface area contributed by atoms with Crippen LogP contribution in [0.3, 0.4) is 0 Å². The van der Waals surface area contributed by atoms with Gasteiger partial charge in [0.05, 0.1) is 51.0 Å². The minimum absolute atomic E-state index is 0.0225. The van der Waals surface area contributed by atoms with Crippen LogP contribution in [0.1, 0.15) is 110 Å². The summed E-state index contributed by atoms with van der Waals surface area (Å²) in [7, 11) is 0. The first-order valence-electron chi connectivity index (χ1n) is 20.9. The Morgan fingerprint density at radius 3 is 1.54 bits per heavy atom. The van der Waals surface area contributed by atoms with Crippen molar-refractivity contribution in [3.8, 4) is 22.5 Å². The number of nitrogens with one attached hydrogen (secondary N) is 5. The molecule has 0 saturated carbocycles. The lowest BCUT2D eigenvalue weighted by molar-refractivity contribution is -0.133. The van der Waals surface area contributed by atoms with E-state index in [0.717, 1.165) is 11.1 Å². The summed E-state index contributed by atoms with van der Waals surface area (Å²) in [5.74, 6) is -0.340. The van der Waals surface area contributed by atoms with E-state index in [1.807, 2.05) is 78.8 Å². The van der Waals surface area contributed by atoms with Crippen LogP contribution in [0.4, 0.5) is 0 Å². The largest absolute Gasteiger partial charge is 0.379 e. The molecule has 334 valence electrons. The van der Waals surface area contributed by atoms with E-state index in [1.165, 1.54) is 13.8 Å². The molecule has 0 fully saturated rings. The highest BCUT2D eigenvalue weighted by Crippen LogP contribution is 2.28. The number of amides is 5. The topological polar surface area (TPSA) is 225 Å². The number of ether oxygens (including phenoxy) is 3. The minimum atomic E-state index is -0.924. The quantitative estimate of drug-likeness (QED) is 0.0815. The average Bonchev–Trinajstić information content (AvgIpc) is 3.22. The molecule has 2 heterocycles. The van der Waals surface area contributed by atoms with Crippen molar-refractivity contribution in [1.82, 2.24) is 46.5 Å². The first kappa shape index (κ1) is 50.0. The third kappa shape index (κ3) is 18.0. The Kier molecular flexibility index (Phi) is 20.3. The molecule has 2 aromatic heterocycles. The Morgan fingerprint density at radius 1 is 0.590 bits per heavy atom. The van der Waals surface area contributed by atoms with Crippen LogP contribution >= 0.6 is 0 Å². The molecule has 0 aliphatic carbocycles. The van der Waals surface area contributed by atoms with Crippen LogP contribution in [-0.4, -0.2) is 120 Å². The maximum absolute atomic E-state index is 13.4. The van der Waals surface area contributed by atoms with Gasteiger partial charge in [0.15, 0.2) is 0 Å². The fourth-order valence-electron chi connectivity index (χ4n) is 5.42. The standard InChI is InChI=1S/C44H65N9O8/c1-27(2)38-45-14-11-35(52-38)32-23-33(36-12-15-46-39(53-36)28(3)4)25-34(24-32)43(58)47-16-18-60-20-22-61-21-19-59-17-13-37(54)49-30(6)41(56)51-31(7)42(57)50-29(5)40(55)48-26-44(8,9)10/h11-12,14-15,23-25,27-31H,13,16-22,26H2,1-10H3,(H,47,58)(H,48,55)(H,49,54)(H,50,57)(H,51,56)/t29-,30-,31-/m0/s1. The third-order valence-electron chi connectivity index (χ3n) is 8.99. The average molecular weight is 848 g/mol. The number of hydrogen-bond acceptors (Lipinski definition) is 12. The fourth-order valence-corrected chi connectivity index (χ4v) is 5.42. The first-order chi connectivity index (χ1) is 28.8. The van der Waals surface area contributed by atoms with Gasteiger partial charge in [-0.3, -0.25) is 24.0 Å². The van der Waals surface area contributed by atoms with Crippen LogP contribution in [-0.2, 0) is 33.4 Å². The van der Waals surface area contributed by atoms with E-state index in [-0.39, 0.29) is 68.5 Å². The molecule has 0 spiro atoms. The second-order valence-corrected chi connectivity index (χ2v) is 16.6. The lowest BCUT2D eigenvalue weighted by Gasteiger charge is -2.22. The van der Waals surface area contributed by atoms with E-state index >= 15 is 0 Å². The maximum atomic E-state index is 13.4. The van der Waals surface area contributed by atoms with Gasteiger partial charge in [-0.25, -0.2) is 19.9 Å². The normalized spacial score (nSPS) is 13.0. The number of nitrogens with zero attached hydrogens (tertiary/aromatic N) is 4.